The summed E-state index contributed by atoms with van der Waals surface area (Å²) in [6.45, 7) is 6.08. The van der Waals surface area contributed by atoms with Crippen molar-refractivity contribution in [3.63, 3.8) is 0 Å². The summed E-state index contributed by atoms with van der Waals surface area (Å²) in [5.41, 5.74) is 1.58. The number of rotatable bonds is 12. The number of pyridine rings is 2. The van der Waals surface area contributed by atoms with Crippen LogP contribution in [-0.2, 0) is 9.53 Å². The molecule has 0 spiro atoms. The molecule has 0 N–H and O–H groups in total. The molecule has 3 aromatic rings. The van der Waals surface area contributed by atoms with Gasteiger partial charge in [0, 0.05) is 64.2 Å². The number of ether oxygens (including phenoxy) is 2. The van der Waals surface area contributed by atoms with Crippen molar-refractivity contribution in [2.24, 2.45) is 0 Å². The lowest BCUT2D eigenvalue weighted by atomic mass is 10.1. The van der Waals surface area contributed by atoms with Crippen LogP contribution in [0.25, 0.3) is 22.1 Å². The van der Waals surface area contributed by atoms with E-state index in [-0.39, 0.29) is 5.97 Å². The van der Waals surface area contributed by atoms with Crippen molar-refractivity contribution in [1.29, 1.82) is 0 Å². The summed E-state index contributed by atoms with van der Waals surface area (Å²) in [4.78, 5) is 31.9. The quantitative estimate of drug-likeness (QED) is 0.218. The van der Waals surface area contributed by atoms with Gasteiger partial charge in [-0.2, -0.15) is 23.5 Å². The van der Waals surface area contributed by atoms with E-state index in [1.54, 1.807) is 67.2 Å². The molecule has 0 atom stereocenters. The van der Waals surface area contributed by atoms with Crippen LogP contribution in [0.15, 0.2) is 64.2 Å². The number of hydrogen-bond acceptors (Lipinski definition) is 9. The van der Waals surface area contributed by atoms with Crippen molar-refractivity contribution in [3.8, 4) is 17.0 Å². The smallest absolute Gasteiger partial charge is 0.344 e. The van der Waals surface area contributed by atoms with Gasteiger partial charge in [-0.15, -0.1) is 0 Å². The predicted molar refractivity (Wildman–Crippen MR) is 129 cm³/mol. The highest BCUT2D eigenvalue weighted by Gasteiger charge is 2.09. The molecule has 0 amide bonds. The molecule has 0 bridgehead atoms. The number of fused-ring (bicyclic) bond motifs is 1. The molecule has 0 radical (unpaired) electrons. The first-order valence-electron chi connectivity index (χ1n) is 10.00. The largest absolute Gasteiger partial charge is 0.477 e. The molecule has 7 nitrogen and oxygen atoms in total. The minimum absolute atomic E-state index is 0.340. The number of carbonyl (C=O) groups is 1. The van der Waals surface area contributed by atoms with Crippen LogP contribution in [0.1, 0.15) is 6.92 Å². The Hall–Kier alpha value is -2.78. The van der Waals surface area contributed by atoms with Gasteiger partial charge in [0.15, 0.2) is 0 Å². The Morgan fingerprint density at radius 2 is 1.91 bits per heavy atom. The zero-order valence-electron chi connectivity index (χ0n) is 17.7. The second-order valence-electron chi connectivity index (χ2n) is 6.74. The first-order valence-corrected chi connectivity index (χ1v) is 12.3. The Bertz CT molecular complexity index is 1120. The summed E-state index contributed by atoms with van der Waals surface area (Å²) in [5.74, 6) is 3.60. The summed E-state index contributed by atoms with van der Waals surface area (Å²) < 4.78 is 16.2. The lowest BCUT2D eigenvalue weighted by Gasteiger charge is -2.07. The molecular weight excluding hydrogens is 448 g/mol. The third-order valence-electron chi connectivity index (χ3n) is 4.22. The number of esters is 1. The van der Waals surface area contributed by atoms with Crippen molar-refractivity contribution in [3.05, 3.63) is 65.4 Å². The topological polar surface area (TPSA) is 91.5 Å². The average molecular weight is 473 g/mol. The summed E-state index contributed by atoms with van der Waals surface area (Å²) in [5, 5.41) is 0.719. The third kappa shape index (κ3) is 7.13. The van der Waals surface area contributed by atoms with Gasteiger partial charge >= 0.3 is 11.6 Å². The van der Waals surface area contributed by atoms with Gasteiger partial charge in [-0.25, -0.2) is 14.6 Å². The Balaban J connectivity index is 1.38. The summed E-state index contributed by atoms with van der Waals surface area (Å²) in [6.07, 6.45) is 4.91. The minimum Gasteiger partial charge on any atom is -0.477 e. The Morgan fingerprint density at radius 3 is 2.62 bits per heavy atom. The molecule has 168 valence electrons. The van der Waals surface area contributed by atoms with Crippen molar-refractivity contribution >= 4 is 40.5 Å². The fraction of sp³-hybridized carbons (Fsp3) is 0.304. The molecule has 9 heteroatoms. The van der Waals surface area contributed by atoms with Gasteiger partial charge in [-0.05, 0) is 19.1 Å². The molecular formula is C23H24N2O5S2. The number of carbonyl (C=O) groups excluding carboxylic acids is 1. The second-order valence-corrected chi connectivity index (χ2v) is 9.19. The van der Waals surface area contributed by atoms with E-state index in [1.165, 1.54) is 0 Å². The van der Waals surface area contributed by atoms with Crippen LogP contribution in [0, 0.1) is 0 Å². The van der Waals surface area contributed by atoms with E-state index in [2.05, 4.69) is 16.5 Å². The van der Waals surface area contributed by atoms with Gasteiger partial charge in [0.2, 0.25) is 5.88 Å². The fourth-order valence-corrected chi connectivity index (χ4v) is 4.39. The first kappa shape index (κ1) is 23.9. The van der Waals surface area contributed by atoms with Crippen LogP contribution in [0.3, 0.4) is 0 Å². The van der Waals surface area contributed by atoms with Gasteiger partial charge in [0.1, 0.15) is 12.2 Å². The molecule has 3 heterocycles. The number of aromatic nitrogens is 2. The molecule has 3 aromatic heterocycles. The van der Waals surface area contributed by atoms with E-state index >= 15 is 0 Å². The monoisotopic (exact) mass is 472 g/mol. The molecule has 0 aliphatic heterocycles. The molecule has 0 saturated heterocycles. The van der Waals surface area contributed by atoms with Crippen LogP contribution in [0.5, 0.6) is 5.88 Å². The van der Waals surface area contributed by atoms with Gasteiger partial charge in [-0.3, -0.25) is 4.98 Å². The third-order valence-corrected chi connectivity index (χ3v) is 6.38. The molecule has 0 fully saturated rings. The molecule has 0 aliphatic rings. The van der Waals surface area contributed by atoms with E-state index in [4.69, 9.17) is 13.9 Å². The van der Waals surface area contributed by atoms with Crippen molar-refractivity contribution in [2.45, 2.75) is 6.92 Å². The summed E-state index contributed by atoms with van der Waals surface area (Å²) in [6, 6.07) is 6.97. The highest BCUT2D eigenvalue weighted by atomic mass is 32.2. The normalized spacial score (nSPS) is 10.8. The average Bonchev–Trinajstić information content (AvgIpc) is 2.80. The van der Waals surface area contributed by atoms with Gasteiger partial charge in [0.05, 0.1) is 12.2 Å². The molecule has 0 aromatic carbocycles. The SMILES string of the molecule is C=C(C)C(=O)OCCSCCSCCOc1cc2oc(=O)c(-c3cccnc3)cc2cn1. The summed E-state index contributed by atoms with van der Waals surface area (Å²) in [7, 11) is 0. The lowest BCUT2D eigenvalue weighted by Crippen LogP contribution is -2.08. The molecule has 0 aliphatic carbocycles. The minimum atomic E-state index is -0.426. The van der Waals surface area contributed by atoms with E-state index in [0.29, 0.717) is 41.4 Å². The van der Waals surface area contributed by atoms with E-state index < -0.39 is 5.63 Å². The van der Waals surface area contributed by atoms with Gasteiger partial charge in [-0.1, -0.05) is 12.6 Å². The second kappa shape index (κ2) is 12.3. The molecule has 3 rings (SSSR count). The Kier molecular flexibility index (Phi) is 9.18. The zero-order valence-corrected chi connectivity index (χ0v) is 19.4. The van der Waals surface area contributed by atoms with Crippen molar-refractivity contribution in [2.75, 3.05) is 36.2 Å². The fourth-order valence-electron chi connectivity index (χ4n) is 2.64. The van der Waals surface area contributed by atoms with E-state index in [1.807, 2.05) is 6.07 Å². The van der Waals surface area contributed by atoms with Crippen LogP contribution in [-0.4, -0.2) is 52.2 Å². The molecule has 0 unspecified atom stereocenters. The maximum Gasteiger partial charge on any atom is 0.344 e. The number of hydrogen-bond donors (Lipinski definition) is 0. The standard InChI is InChI=1S/C23H24N2O5S2/c1-16(2)22(26)29-7-9-32-11-10-31-8-6-28-21-13-20-18(15-25-21)12-19(23(27)30-20)17-4-3-5-24-14-17/h3-5,12-15H,1,6-11H2,2H3. The predicted octanol–water partition coefficient (Wildman–Crippen LogP) is 4.21. The molecule has 0 saturated carbocycles. The first-order chi connectivity index (χ1) is 15.5. The number of thioether (sulfide) groups is 2. The number of nitrogens with zero attached hydrogens (tertiary/aromatic N) is 2. The Morgan fingerprint density at radius 1 is 1.12 bits per heavy atom. The van der Waals surface area contributed by atoms with Crippen molar-refractivity contribution in [1.82, 2.24) is 9.97 Å². The van der Waals surface area contributed by atoms with Crippen LogP contribution < -0.4 is 10.4 Å². The van der Waals surface area contributed by atoms with Crippen molar-refractivity contribution < 1.29 is 18.7 Å². The Labute approximate surface area is 194 Å². The van der Waals surface area contributed by atoms with Crippen LogP contribution in [0.2, 0.25) is 0 Å². The van der Waals surface area contributed by atoms with E-state index in [9.17, 15) is 9.59 Å². The summed E-state index contributed by atoms with van der Waals surface area (Å²) >= 11 is 3.51. The van der Waals surface area contributed by atoms with Gasteiger partial charge in [0.25, 0.3) is 0 Å². The highest BCUT2D eigenvalue weighted by molar-refractivity contribution is 8.02. The van der Waals surface area contributed by atoms with Crippen LogP contribution in [0.4, 0.5) is 0 Å². The highest BCUT2D eigenvalue weighted by Crippen LogP contribution is 2.22. The van der Waals surface area contributed by atoms with Crippen LogP contribution >= 0.6 is 23.5 Å². The van der Waals surface area contributed by atoms with E-state index in [0.717, 1.165) is 28.4 Å². The van der Waals surface area contributed by atoms with Gasteiger partial charge < -0.3 is 13.9 Å². The lowest BCUT2D eigenvalue weighted by molar-refractivity contribution is -0.138. The molecule has 32 heavy (non-hydrogen) atoms. The maximum atomic E-state index is 12.3. The zero-order chi connectivity index (χ0) is 22.8. The maximum absolute atomic E-state index is 12.3.